The Balaban J connectivity index is 2.38. The van der Waals surface area contributed by atoms with Gasteiger partial charge in [-0.25, -0.2) is 4.98 Å². The predicted octanol–water partition coefficient (Wildman–Crippen LogP) is 2.16. The van der Waals surface area contributed by atoms with Crippen LogP contribution in [-0.2, 0) is 0 Å². The highest BCUT2D eigenvalue weighted by Gasteiger charge is 2.08. The van der Waals surface area contributed by atoms with Gasteiger partial charge in [0.15, 0.2) is 0 Å². The molecule has 1 heterocycles. The summed E-state index contributed by atoms with van der Waals surface area (Å²) in [6.45, 7) is 0. The van der Waals surface area contributed by atoms with Crippen LogP contribution in [0.5, 0.6) is 0 Å². The zero-order valence-electron chi connectivity index (χ0n) is 8.11. The van der Waals surface area contributed by atoms with Gasteiger partial charge in [0.1, 0.15) is 10.0 Å². The van der Waals surface area contributed by atoms with Gasteiger partial charge >= 0.3 is 0 Å². The summed E-state index contributed by atoms with van der Waals surface area (Å²) in [5.41, 5.74) is 6.06. The number of H-pyrrole nitrogens is 1. The van der Waals surface area contributed by atoms with Crippen LogP contribution in [0.1, 0.15) is 0 Å². The first-order valence-corrected chi connectivity index (χ1v) is 5.63. The van der Waals surface area contributed by atoms with Gasteiger partial charge in [0.25, 0.3) is 5.56 Å². The fourth-order valence-corrected chi connectivity index (χ4v) is 2.16. The van der Waals surface area contributed by atoms with Crippen molar-refractivity contribution in [2.75, 3.05) is 5.73 Å². The third-order valence-corrected chi connectivity index (χ3v) is 3.45. The van der Waals surface area contributed by atoms with Crippen LogP contribution in [0.3, 0.4) is 0 Å². The Hall–Kier alpha value is -1.46. The summed E-state index contributed by atoms with van der Waals surface area (Å²) in [5.74, 6) is 0. The van der Waals surface area contributed by atoms with Gasteiger partial charge in [0, 0.05) is 10.6 Å². The molecule has 4 nitrogen and oxygen atoms in total. The van der Waals surface area contributed by atoms with Crippen molar-refractivity contribution >= 4 is 29.1 Å². The number of nitrogens with two attached hydrogens (primary N) is 1. The van der Waals surface area contributed by atoms with Crippen molar-refractivity contribution in [3.63, 3.8) is 0 Å². The van der Waals surface area contributed by atoms with Crippen LogP contribution in [0.4, 0.5) is 5.69 Å². The largest absolute Gasteiger partial charge is 0.398 e. The van der Waals surface area contributed by atoms with Crippen molar-refractivity contribution in [3.05, 3.63) is 46.0 Å². The van der Waals surface area contributed by atoms with E-state index in [1.807, 2.05) is 18.2 Å². The van der Waals surface area contributed by atoms with Crippen LogP contribution >= 0.6 is 23.4 Å². The van der Waals surface area contributed by atoms with Gasteiger partial charge in [-0.3, -0.25) is 4.79 Å². The lowest BCUT2D eigenvalue weighted by molar-refractivity contribution is 1.01. The van der Waals surface area contributed by atoms with E-state index in [0.717, 1.165) is 4.90 Å². The van der Waals surface area contributed by atoms with Crippen LogP contribution in [0.2, 0.25) is 5.02 Å². The SMILES string of the molecule is Nc1ccccc1Sc1nc[nH]c(=O)c1Cl. The lowest BCUT2D eigenvalue weighted by Crippen LogP contribution is -2.07. The lowest BCUT2D eigenvalue weighted by atomic mass is 10.3. The molecule has 0 unspecified atom stereocenters. The number of aromatic nitrogens is 2. The number of benzene rings is 1. The summed E-state index contributed by atoms with van der Waals surface area (Å²) < 4.78 is 0. The van der Waals surface area contributed by atoms with Crippen molar-refractivity contribution in [2.45, 2.75) is 9.92 Å². The van der Waals surface area contributed by atoms with Gasteiger partial charge in [-0.05, 0) is 12.1 Å². The summed E-state index contributed by atoms with van der Waals surface area (Å²) >= 11 is 7.09. The topological polar surface area (TPSA) is 71.8 Å². The predicted molar refractivity (Wildman–Crippen MR) is 64.8 cm³/mol. The van der Waals surface area contributed by atoms with Crippen molar-refractivity contribution in [1.29, 1.82) is 0 Å². The maximum absolute atomic E-state index is 11.2. The molecule has 16 heavy (non-hydrogen) atoms. The summed E-state index contributed by atoms with van der Waals surface area (Å²) in [6, 6.07) is 7.33. The number of anilines is 1. The Kier molecular flexibility index (Phi) is 3.17. The summed E-state index contributed by atoms with van der Waals surface area (Å²) in [5, 5.41) is 0.527. The second kappa shape index (κ2) is 4.59. The molecule has 82 valence electrons. The van der Waals surface area contributed by atoms with Crippen LogP contribution < -0.4 is 11.3 Å². The van der Waals surface area contributed by atoms with E-state index in [9.17, 15) is 4.79 Å². The van der Waals surface area contributed by atoms with Gasteiger partial charge in [-0.1, -0.05) is 35.5 Å². The molecule has 0 aliphatic rings. The molecule has 0 bridgehead atoms. The maximum Gasteiger partial charge on any atom is 0.270 e. The number of para-hydroxylation sites is 1. The third kappa shape index (κ3) is 2.20. The van der Waals surface area contributed by atoms with Gasteiger partial charge in [-0.15, -0.1) is 0 Å². The molecule has 0 fully saturated rings. The van der Waals surface area contributed by atoms with Crippen LogP contribution in [0.15, 0.2) is 45.3 Å². The molecular weight excluding hydrogens is 246 g/mol. The molecular formula is C10H8ClN3OS. The fourth-order valence-electron chi connectivity index (χ4n) is 1.12. The molecule has 0 amide bonds. The summed E-state index contributed by atoms with van der Waals surface area (Å²) in [4.78, 5) is 18.5. The minimum Gasteiger partial charge on any atom is -0.398 e. The molecule has 6 heteroatoms. The zero-order valence-corrected chi connectivity index (χ0v) is 9.68. The van der Waals surface area contributed by atoms with E-state index in [2.05, 4.69) is 9.97 Å². The van der Waals surface area contributed by atoms with E-state index < -0.39 is 0 Å². The van der Waals surface area contributed by atoms with Gasteiger partial charge < -0.3 is 10.7 Å². The molecule has 0 saturated carbocycles. The van der Waals surface area contributed by atoms with Gasteiger partial charge in [0.2, 0.25) is 0 Å². The van der Waals surface area contributed by atoms with E-state index in [1.165, 1.54) is 18.1 Å². The highest BCUT2D eigenvalue weighted by atomic mass is 35.5. The first kappa shape index (κ1) is 11.0. The molecule has 2 rings (SSSR count). The van der Waals surface area contributed by atoms with Crippen LogP contribution in [0, 0.1) is 0 Å². The number of aromatic amines is 1. The summed E-state index contributed by atoms with van der Waals surface area (Å²) in [7, 11) is 0. The number of hydrogen-bond donors (Lipinski definition) is 2. The van der Waals surface area contributed by atoms with E-state index in [1.54, 1.807) is 6.07 Å². The first-order chi connectivity index (χ1) is 7.68. The van der Waals surface area contributed by atoms with E-state index >= 15 is 0 Å². The average Bonchev–Trinajstić information content (AvgIpc) is 2.28. The average molecular weight is 254 g/mol. The zero-order chi connectivity index (χ0) is 11.5. The smallest absolute Gasteiger partial charge is 0.270 e. The number of halogens is 1. The molecule has 0 radical (unpaired) electrons. The Morgan fingerprint density at radius 2 is 2.12 bits per heavy atom. The number of nitrogens with zero attached hydrogens (tertiary/aromatic N) is 1. The number of nitrogen functional groups attached to an aromatic ring is 1. The molecule has 0 spiro atoms. The molecule has 0 saturated heterocycles. The normalized spacial score (nSPS) is 10.3. The Morgan fingerprint density at radius 1 is 1.38 bits per heavy atom. The molecule has 0 atom stereocenters. The highest BCUT2D eigenvalue weighted by molar-refractivity contribution is 7.99. The molecule has 0 aliphatic heterocycles. The fraction of sp³-hybridized carbons (Fsp3) is 0. The molecule has 1 aromatic heterocycles. The standard InChI is InChI=1S/C10H8ClN3OS/c11-8-9(15)13-5-14-10(8)16-7-4-2-1-3-6(7)12/h1-5H,12H2,(H,13,14,15). The van der Waals surface area contributed by atoms with Crippen molar-refractivity contribution in [3.8, 4) is 0 Å². The maximum atomic E-state index is 11.2. The van der Waals surface area contributed by atoms with Crippen LogP contribution in [-0.4, -0.2) is 9.97 Å². The molecule has 0 aliphatic carbocycles. The van der Waals surface area contributed by atoms with Crippen molar-refractivity contribution < 1.29 is 0 Å². The Labute approximate surface area is 101 Å². The first-order valence-electron chi connectivity index (χ1n) is 4.44. The molecule has 2 aromatic rings. The summed E-state index contributed by atoms with van der Waals surface area (Å²) in [6.07, 6.45) is 1.32. The van der Waals surface area contributed by atoms with Crippen molar-refractivity contribution in [2.24, 2.45) is 0 Å². The Bertz CT molecular complexity index is 570. The third-order valence-electron chi connectivity index (χ3n) is 1.89. The van der Waals surface area contributed by atoms with E-state index in [0.29, 0.717) is 10.7 Å². The number of hydrogen-bond acceptors (Lipinski definition) is 4. The quantitative estimate of drug-likeness (QED) is 0.636. The minimum absolute atomic E-state index is 0.0794. The van der Waals surface area contributed by atoms with E-state index in [4.69, 9.17) is 17.3 Å². The van der Waals surface area contributed by atoms with E-state index in [-0.39, 0.29) is 10.6 Å². The molecule has 3 N–H and O–H groups in total. The minimum atomic E-state index is -0.353. The lowest BCUT2D eigenvalue weighted by Gasteiger charge is -2.04. The number of rotatable bonds is 2. The van der Waals surface area contributed by atoms with Gasteiger partial charge in [0.05, 0.1) is 6.33 Å². The Morgan fingerprint density at radius 3 is 2.88 bits per heavy atom. The second-order valence-corrected chi connectivity index (χ2v) is 4.40. The second-order valence-electron chi connectivity index (χ2n) is 2.99. The van der Waals surface area contributed by atoms with Crippen molar-refractivity contribution in [1.82, 2.24) is 9.97 Å². The highest BCUT2D eigenvalue weighted by Crippen LogP contribution is 2.32. The monoisotopic (exact) mass is 253 g/mol. The van der Waals surface area contributed by atoms with Gasteiger partial charge in [-0.2, -0.15) is 0 Å². The molecule has 1 aromatic carbocycles. The van der Waals surface area contributed by atoms with Crippen LogP contribution in [0.25, 0.3) is 0 Å². The number of nitrogens with one attached hydrogen (secondary N) is 1.